The predicted octanol–water partition coefficient (Wildman–Crippen LogP) is 2.87. The van der Waals surface area contributed by atoms with E-state index in [4.69, 9.17) is 0 Å². The molecule has 0 saturated carbocycles. The number of sulfonamides is 1. The summed E-state index contributed by atoms with van der Waals surface area (Å²) in [5, 5.41) is 0. The third-order valence-corrected chi connectivity index (χ3v) is 4.95. The van der Waals surface area contributed by atoms with Crippen LogP contribution in [-0.4, -0.2) is 21.2 Å². The molecule has 19 heavy (non-hydrogen) atoms. The van der Waals surface area contributed by atoms with Crippen LogP contribution >= 0.6 is 0 Å². The van der Waals surface area contributed by atoms with Crippen LogP contribution in [0.4, 0.5) is 5.69 Å². The summed E-state index contributed by atoms with van der Waals surface area (Å²) < 4.78 is 25.6. The topological polar surface area (TPSA) is 37.4 Å². The SMILES string of the molecule is CCc1ccc(C(C)(C)C)c2c1CCN2S(C)(=O)=O. The molecule has 0 N–H and O–H groups in total. The van der Waals surface area contributed by atoms with E-state index in [1.54, 1.807) is 4.31 Å². The van der Waals surface area contributed by atoms with Gasteiger partial charge in [-0.05, 0) is 34.9 Å². The molecule has 106 valence electrons. The fourth-order valence-electron chi connectivity index (χ4n) is 2.84. The van der Waals surface area contributed by atoms with Gasteiger partial charge in [0.2, 0.25) is 10.0 Å². The lowest BCUT2D eigenvalue weighted by atomic mass is 9.83. The Morgan fingerprint density at radius 3 is 2.37 bits per heavy atom. The smallest absolute Gasteiger partial charge is 0.232 e. The van der Waals surface area contributed by atoms with Crippen molar-refractivity contribution in [3.63, 3.8) is 0 Å². The van der Waals surface area contributed by atoms with Gasteiger partial charge in [-0.2, -0.15) is 0 Å². The van der Waals surface area contributed by atoms with Gasteiger partial charge in [0.1, 0.15) is 0 Å². The molecule has 4 heteroatoms. The molecule has 0 fully saturated rings. The maximum absolute atomic E-state index is 12.0. The predicted molar refractivity (Wildman–Crippen MR) is 80.4 cm³/mol. The van der Waals surface area contributed by atoms with Gasteiger partial charge in [-0.15, -0.1) is 0 Å². The van der Waals surface area contributed by atoms with Crippen molar-refractivity contribution in [1.82, 2.24) is 0 Å². The zero-order valence-electron chi connectivity index (χ0n) is 12.4. The van der Waals surface area contributed by atoms with E-state index in [9.17, 15) is 8.42 Å². The van der Waals surface area contributed by atoms with E-state index in [-0.39, 0.29) is 5.41 Å². The number of aryl methyl sites for hydroxylation is 1. The lowest BCUT2D eigenvalue weighted by Gasteiger charge is -2.28. The Bertz CT molecular complexity index is 597. The van der Waals surface area contributed by atoms with E-state index in [0.717, 1.165) is 24.1 Å². The maximum atomic E-state index is 12.0. The highest BCUT2D eigenvalue weighted by Crippen LogP contribution is 2.41. The zero-order chi connectivity index (χ0) is 14.4. The van der Waals surface area contributed by atoms with E-state index < -0.39 is 10.0 Å². The number of fused-ring (bicyclic) bond motifs is 1. The first-order valence-corrected chi connectivity index (χ1v) is 8.64. The molecule has 1 aliphatic heterocycles. The Morgan fingerprint density at radius 1 is 1.26 bits per heavy atom. The molecular weight excluding hydrogens is 258 g/mol. The second kappa shape index (κ2) is 4.51. The van der Waals surface area contributed by atoms with Crippen molar-refractivity contribution in [3.8, 4) is 0 Å². The molecule has 0 bridgehead atoms. The number of anilines is 1. The van der Waals surface area contributed by atoms with Gasteiger partial charge >= 0.3 is 0 Å². The maximum Gasteiger partial charge on any atom is 0.232 e. The van der Waals surface area contributed by atoms with E-state index in [1.165, 1.54) is 17.4 Å². The van der Waals surface area contributed by atoms with Gasteiger partial charge in [0.15, 0.2) is 0 Å². The monoisotopic (exact) mass is 281 g/mol. The second-order valence-corrected chi connectivity index (χ2v) is 8.19. The van der Waals surface area contributed by atoms with Gasteiger partial charge in [-0.1, -0.05) is 39.8 Å². The number of hydrogen-bond donors (Lipinski definition) is 0. The molecule has 1 heterocycles. The average molecular weight is 281 g/mol. The first kappa shape index (κ1) is 14.4. The Morgan fingerprint density at radius 2 is 1.89 bits per heavy atom. The fraction of sp³-hybridized carbons (Fsp3) is 0.600. The Balaban J connectivity index is 2.73. The summed E-state index contributed by atoms with van der Waals surface area (Å²) in [5.41, 5.74) is 4.51. The molecular formula is C15H23NO2S. The summed E-state index contributed by atoms with van der Waals surface area (Å²) >= 11 is 0. The fourth-order valence-corrected chi connectivity index (χ4v) is 3.80. The van der Waals surface area contributed by atoms with Crippen LogP contribution in [0.3, 0.4) is 0 Å². The largest absolute Gasteiger partial charge is 0.270 e. The molecule has 0 spiro atoms. The quantitative estimate of drug-likeness (QED) is 0.836. The van der Waals surface area contributed by atoms with Gasteiger partial charge in [0.05, 0.1) is 11.9 Å². The molecule has 0 radical (unpaired) electrons. The van der Waals surface area contributed by atoms with Gasteiger partial charge < -0.3 is 0 Å². The van der Waals surface area contributed by atoms with E-state index >= 15 is 0 Å². The third kappa shape index (κ3) is 2.50. The first-order valence-electron chi connectivity index (χ1n) is 6.79. The van der Waals surface area contributed by atoms with Crippen LogP contribution in [-0.2, 0) is 28.3 Å². The van der Waals surface area contributed by atoms with E-state index in [2.05, 4.69) is 39.8 Å². The zero-order valence-corrected chi connectivity index (χ0v) is 13.3. The molecule has 0 aromatic heterocycles. The summed E-state index contributed by atoms with van der Waals surface area (Å²) in [6.45, 7) is 9.09. The summed E-state index contributed by atoms with van der Waals surface area (Å²) in [4.78, 5) is 0. The minimum atomic E-state index is -3.19. The van der Waals surface area contributed by atoms with Crippen LogP contribution < -0.4 is 4.31 Å². The van der Waals surface area contributed by atoms with Gasteiger partial charge in [0.25, 0.3) is 0 Å². The molecule has 0 unspecified atom stereocenters. The lowest BCUT2D eigenvalue weighted by molar-refractivity contribution is 0.586. The van der Waals surface area contributed by atoms with Crippen molar-refractivity contribution in [2.45, 2.75) is 46.0 Å². The van der Waals surface area contributed by atoms with Crippen molar-refractivity contribution >= 4 is 15.7 Å². The summed E-state index contributed by atoms with van der Waals surface area (Å²) in [7, 11) is -3.19. The lowest BCUT2D eigenvalue weighted by Crippen LogP contribution is -2.30. The molecule has 0 atom stereocenters. The van der Waals surface area contributed by atoms with E-state index in [1.807, 2.05) is 0 Å². The van der Waals surface area contributed by atoms with Crippen LogP contribution in [0.5, 0.6) is 0 Å². The standard InChI is InChI=1S/C15H23NO2S/c1-6-11-7-8-13(15(2,3)4)14-12(11)9-10-16(14)19(5,17)18/h7-8H,6,9-10H2,1-5H3. The number of nitrogens with zero attached hydrogens (tertiary/aromatic N) is 1. The highest BCUT2D eigenvalue weighted by molar-refractivity contribution is 7.92. The molecule has 1 aliphatic rings. The van der Waals surface area contributed by atoms with Crippen molar-refractivity contribution in [3.05, 3.63) is 28.8 Å². The Kier molecular flexibility index (Phi) is 3.42. The molecule has 0 saturated heterocycles. The van der Waals surface area contributed by atoms with Crippen LogP contribution in [0.25, 0.3) is 0 Å². The highest BCUT2D eigenvalue weighted by atomic mass is 32.2. The van der Waals surface area contributed by atoms with Crippen LogP contribution in [0.1, 0.15) is 44.4 Å². The average Bonchev–Trinajstić information content (AvgIpc) is 2.69. The molecule has 3 nitrogen and oxygen atoms in total. The van der Waals surface area contributed by atoms with Gasteiger partial charge in [0, 0.05) is 6.54 Å². The third-order valence-electron chi connectivity index (χ3n) is 3.78. The number of benzene rings is 1. The molecule has 0 amide bonds. The minimum absolute atomic E-state index is 0.0519. The molecule has 2 rings (SSSR count). The summed E-state index contributed by atoms with van der Waals surface area (Å²) in [6.07, 6.45) is 3.08. The Labute approximate surface area is 116 Å². The van der Waals surface area contributed by atoms with E-state index in [0.29, 0.717) is 6.54 Å². The van der Waals surface area contributed by atoms with Gasteiger partial charge in [-0.25, -0.2) is 8.42 Å². The summed E-state index contributed by atoms with van der Waals surface area (Å²) in [6, 6.07) is 4.26. The minimum Gasteiger partial charge on any atom is -0.270 e. The van der Waals surface area contributed by atoms with Crippen LogP contribution in [0.15, 0.2) is 12.1 Å². The second-order valence-electron chi connectivity index (χ2n) is 6.29. The number of hydrogen-bond acceptors (Lipinski definition) is 2. The van der Waals surface area contributed by atoms with Crippen molar-refractivity contribution < 1.29 is 8.42 Å². The Hall–Kier alpha value is -1.03. The molecule has 0 aliphatic carbocycles. The van der Waals surface area contributed by atoms with Crippen molar-refractivity contribution in [2.75, 3.05) is 17.1 Å². The van der Waals surface area contributed by atoms with Crippen LogP contribution in [0.2, 0.25) is 0 Å². The molecule has 1 aromatic carbocycles. The summed E-state index contributed by atoms with van der Waals surface area (Å²) in [5.74, 6) is 0. The van der Waals surface area contributed by atoms with Crippen molar-refractivity contribution in [1.29, 1.82) is 0 Å². The highest BCUT2D eigenvalue weighted by Gasteiger charge is 2.33. The van der Waals surface area contributed by atoms with Crippen LogP contribution in [0, 0.1) is 0 Å². The first-order chi connectivity index (χ1) is 8.66. The van der Waals surface area contributed by atoms with Gasteiger partial charge in [-0.3, -0.25) is 4.31 Å². The number of rotatable bonds is 2. The normalized spacial score (nSPS) is 15.7. The molecule has 1 aromatic rings. The van der Waals surface area contributed by atoms with Crippen molar-refractivity contribution in [2.24, 2.45) is 0 Å².